The van der Waals surface area contributed by atoms with Crippen molar-refractivity contribution in [3.8, 4) is 5.75 Å². The van der Waals surface area contributed by atoms with E-state index in [0.29, 0.717) is 76.6 Å². The second kappa shape index (κ2) is 28.1. The summed E-state index contributed by atoms with van der Waals surface area (Å²) < 4.78 is 58.2. The zero-order valence-corrected chi connectivity index (χ0v) is 42.4. The van der Waals surface area contributed by atoms with E-state index in [9.17, 15) is 24.1 Å². The molecule has 344 valence electrons. The monoisotopic (exact) mass is 916 g/mol. The Morgan fingerprint density at radius 1 is 0.767 bits per heavy atom. The van der Waals surface area contributed by atoms with Crippen molar-refractivity contribution in [1.82, 2.24) is 9.80 Å². The minimum atomic E-state index is -3.14. The van der Waals surface area contributed by atoms with E-state index >= 15 is 0 Å². The van der Waals surface area contributed by atoms with Crippen LogP contribution in [0.2, 0.25) is 39.3 Å². The maximum absolute atomic E-state index is 14.5. The van der Waals surface area contributed by atoms with Gasteiger partial charge in [-0.05, 0) is 82.7 Å². The molecule has 0 saturated carbocycles. The van der Waals surface area contributed by atoms with Gasteiger partial charge in [0.1, 0.15) is 18.3 Å². The van der Waals surface area contributed by atoms with Crippen molar-refractivity contribution >= 4 is 43.9 Å². The summed E-state index contributed by atoms with van der Waals surface area (Å²) in [6.45, 7) is 24.4. The summed E-state index contributed by atoms with van der Waals surface area (Å²) in [6, 6.07) is 11.5. The highest BCUT2D eigenvalue weighted by molar-refractivity contribution is 7.59. The van der Waals surface area contributed by atoms with Gasteiger partial charge in [0.2, 0.25) is 14.7 Å². The second-order valence-corrected chi connectivity index (χ2v) is 32.0. The summed E-state index contributed by atoms with van der Waals surface area (Å²) in [5.41, 5.74) is 4.39. The van der Waals surface area contributed by atoms with Crippen molar-refractivity contribution < 1.29 is 51.6 Å². The SMILES string of the molecule is C=O.CCOc1c(CO)cccc1CN(CC(CCCCCC(=O)CCOCCOC)N(Cc1cccc(CO)c1C)CP(C)(=O)O[Si](C)(C)C)CP(C)(=O)O[Si](C)(C)C. The van der Waals surface area contributed by atoms with Crippen LogP contribution in [0.25, 0.3) is 0 Å². The number of benzene rings is 2. The first-order valence-corrected chi connectivity index (χ1v) is 32.4. The van der Waals surface area contributed by atoms with Gasteiger partial charge in [-0.15, -0.1) is 0 Å². The predicted octanol–water partition coefficient (Wildman–Crippen LogP) is 8.87. The fraction of sp³-hybridized carbons (Fsp3) is 0.674. The number of aliphatic hydroxyl groups excluding tert-OH is 2. The molecule has 0 aromatic heterocycles. The van der Waals surface area contributed by atoms with Gasteiger partial charge in [-0.25, -0.2) is 0 Å². The zero-order valence-electron chi connectivity index (χ0n) is 38.6. The summed E-state index contributed by atoms with van der Waals surface area (Å²) in [7, 11) is -9.06. The minimum absolute atomic E-state index is 0.0855. The number of ether oxygens (including phenoxy) is 3. The van der Waals surface area contributed by atoms with Crippen LogP contribution in [-0.4, -0.2) is 121 Å². The van der Waals surface area contributed by atoms with Crippen LogP contribution in [-0.2, 0) is 62.9 Å². The quantitative estimate of drug-likeness (QED) is 0.0420. The van der Waals surface area contributed by atoms with E-state index in [-0.39, 0.29) is 37.6 Å². The Labute approximate surface area is 364 Å². The predicted molar refractivity (Wildman–Crippen MR) is 249 cm³/mol. The second-order valence-electron chi connectivity index (χ2n) is 17.5. The molecule has 2 N–H and O–H groups in total. The van der Waals surface area contributed by atoms with E-state index in [1.165, 1.54) is 0 Å². The molecular weight excluding hydrogens is 839 g/mol. The molecule has 0 amide bonds. The molecule has 2 aromatic carbocycles. The molecule has 0 fully saturated rings. The van der Waals surface area contributed by atoms with Gasteiger partial charge in [0.25, 0.3) is 0 Å². The molecule has 0 aliphatic rings. The third-order valence-electron chi connectivity index (χ3n) is 9.40. The topological polar surface area (TPSA) is 161 Å². The Kier molecular flexibility index (Phi) is 26.3. The van der Waals surface area contributed by atoms with Crippen molar-refractivity contribution in [2.45, 2.75) is 124 Å². The third kappa shape index (κ3) is 23.0. The lowest BCUT2D eigenvalue weighted by Crippen LogP contribution is -2.45. The third-order valence-corrected chi connectivity index (χ3v) is 18.7. The molecule has 0 saturated heterocycles. The molecule has 17 heteroatoms. The molecular formula is C43H78N2O11P2Si2. The molecule has 0 aliphatic carbocycles. The van der Waals surface area contributed by atoms with Gasteiger partial charge in [-0.2, -0.15) is 0 Å². The summed E-state index contributed by atoms with van der Waals surface area (Å²) >= 11 is 0. The van der Waals surface area contributed by atoms with Crippen LogP contribution in [0.3, 0.4) is 0 Å². The average molecular weight is 917 g/mol. The smallest absolute Gasteiger partial charge is 0.204 e. The van der Waals surface area contributed by atoms with Gasteiger partial charge >= 0.3 is 0 Å². The van der Waals surface area contributed by atoms with Gasteiger partial charge in [-0.3, -0.25) is 23.7 Å². The summed E-state index contributed by atoms with van der Waals surface area (Å²) in [4.78, 5) is 25.1. The van der Waals surface area contributed by atoms with Gasteiger partial charge in [0.15, 0.2) is 16.6 Å². The van der Waals surface area contributed by atoms with Gasteiger partial charge in [0.05, 0.1) is 52.2 Å². The lowest BCUT2D eigenvalue weighted by atomic mass is 10.00. The average Bonchev–Trinajstić information content (AvgIpc) is 3.14. The fourth-order valence-electron chi connectivity index (χ4n) is 7.25. The van der Waals surface area contributed by atoms with Crippen LogP contribution in [0, 0.1) is 6.92 Å². The highest BCUT2D eigenvalue weighted by Crippen LogP contribution is 2.49. The Morgan fingerprint density at radius 2 is 1.33 bits per heavy atom. The molecule has 3 atom stereocenters. The molecule has 0 bridgehead atoms. The largest absolute Gasteiger partial charge is 0.493 e. The molecule has 0 radical (unpaired) electrons. The standard InChI is InChI=1S/C42H76N2O10P2Si2.CH2O/c1-12-52-42-37(19-17-21-39(42)32-46)28-43(33-55(4,48)53-57(6,7)8)30-40(22-14-13-15-23-41(47)24-25-51-27-26-50-3)44(34-56(5,49)54-58(9,10)11)29-36-18-16-20-38(31-45)35(36)2;1-2/h16-21,40,45-46H,12-15,22-34H2,1-11H3;1H2. The van der Waals surface area contributed by atoms with Crippen LogP contribution in [0.4, 0.5) is 0 Å². The number of hydrogen-bond acceptors (Lipinski definition) is 13. The van der Waals surface area contributed by atoms with E-state index in [2.05, 4.69) is 15.9 Å². The maximum Gasteiger partial charge on any atom is 0.204 e. The van der Waals surface area contributed by atoms with Crippen molar-refractivity contribution in [2.24, 2.45) is 0 Å². The summed E-state index contributed by atoms with van der Waals surface area (Å²) in [5.74, 6) is 0.794. The van der Waals surface area contributed by atoms with Crippen molar-refractivity contribution in [3.05, 3.63) is 64.2 Å². The molecule has 3 unspecified atom stereocenters. The number of carbonyl (C=O) groups is 2. The van der Waals surface area contributed by atoms with E-state index in [1.54, 1.807) is 20.4 Å². The zero-order chi connectivity index (χ0) is 45.6. The van der Waals surface area contributed by atoms with Gasteiger partial charge in [0, 0.05) is 70.1 Å². The maximum atomic E-state index is 14.5. The number of carbonyl (C=O) groups excluding carboxylic acids is 2. The Morgan fingerprint density at radius 3 is 1.90 bits per heavy atom. The van der Waals surface area contributed by atoms with Gasteiger partial charge in [-0.1, -0.05) is 49.2 Å². The number of hydrogen-bond donors (Lipinski definition) is 2. The van der Waals surface area contributed by atoms with Crippen LogP contribution in [0.15, 0.2) is 36.4 Å². The first kappa shape index (κ1) is 56.2. The highest BCUT2D eigenvalue weighted by atomic mass is 31.2. The van der Waals surface area contributed by atoms with Crippen LogP contribution >= 0.6 is 14.7 Å². The number of methoxy groups -OCH3 is 1. The van der Waals surface area contributed by atoms with Crippen LogP contribution < -0.4 is 4.74 Å². The Balaban J connectivity index is 0.00000886. The minimum Gasteiger partial charge on any atom is -0.493 e. The van der Waals surface area contributed by atoms with Crippen molar-refractivity contribution in [1.29, 1.82) is 0 Å². The molecule has 13 nitrogen and oxygen atoms in total. The number of rotatable bonds is 31. The van der Waals surface area contributed by atoms with Crippen LogP contribution in [0.1, 0.15) is 73.3 Å². The molecule has 60 heavy (non-hydrogen) atoms. The number of Topliss-reactive ketones (excluding diaryl/α,β-unsaturated/α-hetero) is 1. The molecule has 2 aromatic rings. The number of ketones is 1. The molecule has 0 heterocycles. The lowest BCUT2D eigenvalue weighted by molar-refractivity contribution is -0.120. The van der Waals surface area contributed by atoms with Crippen molar-refractivity contribution in [3.63, 3.8) is 0 Å². The van der Waals surface area contributed by atoms with E-state index in [0.717, 1.165) is 41.5 Å². The summed E-state index contributed by atoms with van der Waals surface area (Å²) in [5, 5.41) is 20.4. The molecule has 2 rings (SSSR count). The van der Waals surface area contributed by atoms with Crippen LogP contribution in [0.5, 0.6) is 5.75 Å². The number of para-hydroxylation sites is 1. The number of aliphatic hydroxyl groups is 2. The summed E-state index contributed by atoms with van der Waals surface area (Å²) in [6.07, 6.45) is 4.35. The molecule has 0 spiro atoms. The van der Waals surface area contributed by atoms with E-state index < -0.39 is 31.4 Å². The Bertz CT molecular complexity index is 1660. The Hall–Kier alpha value is -1.85. The normalized spacial score (nSPS) is 14.7. The number of unbranched alkanes of at least 4 members (excludes halogenated alkanes) is 2. The van der Waals surface area contributed by atoms with E-state index in [1.807, 2.05) is 90.3 Å². The first-order chi connectivity index (χ1) is 28.1. The van der Waals surface area contributed by atoms with Gasteiger partial charge < -0.3 is 37.6 Å². The first-order valence-electron chi connectivity index (χ1n) is 21.0. The molecule has 0 aliphatic heterocycles. The fourth-order valence-corrected chi connectivity index (χ4v) is 18.9. The van der Waals surface area contributed by atoms with E-state index in [4.69, 9.17) is 27.4 Å². The van der Waals surface area contributed by atoms with Crippen molar-refractivity contribution in [2.75, 3.05) is 66.0 Å². The highest BCUT2D eigenvalue weighted by Gasteiger charge is 2.34. The lowest BCUT2D eigenvalue weighted by Gasteiger charge is -2.39. The number of nitrogens with zero attached hydrogens (tertiary/aromatic N) is 2.